The summed E-state index contributed by atoms with van der Waals surface area (Å²) in [6, 6.07) is 0. The topological polar surface area (TPSA) is 80.9 Å². The van der Waals surface area contributed by atoms with Crippen molar-refractivity contribution < 1.29 is 20.4 Å². The highest BCUT2D eigenvalue weighted by molar-refractivity contribution is 4.75. The van der Waals surface area contributed by atoms with E-state index in [1.165, 1.54) is 0 Å². The minimum absolute atomic E-state index is 0.194. The Morgan fingerprint density at radius 1 is 1.18 bits per heavy atom. The first-order valence-electron chi connectivity index (χ1n) is 3.58. The molecular formula is C7H16O4. The van der Waals surface area contributed by atoms with Crippen LogP contribution in [0.5, 0.6) is 0 Å². The van der Waals surface area contributed by atoms with Gasteiger partial charge in [0.1, 0.15) is 0 Å². The highest BCUT2D eigenvalue weighted by Crippen LogP contribution is 2.21. The van der Waals surface area contributed by atoms with E-state index in [2.05, 4.69) is 0 Å². The van der Waals surface area contributed by atoms with Crippen molar-refractivity contribution >= 4 is 0 Å². The minimum atomic E-state index is -0.862. The van der Waals surface area contributed by atoms with Crippen LogP contribution in [0, 0.1) is 5.41 Å². The lowest BCUT2D eigenvalue weighted by Gasteiger charge is -2.26. The molecule has 0 aliphatic heterocycles. The monoisotopic (exact) mass is 164 g/mol. The second kappa shape index (κ2) is 4.66. The Bertz CT molecular complexity index is 101. The quantitative estimate of drug-likeness (QED) is 0.408. The molecule has 0 heterocycles. The summed E-state index contributed by atoms with van der Waals surface area (Å²) in [6.45, 7) is 0.919. The Kier molecular flexibility index (Phi) is 4.60. The fraction of sp³-hybridized carbons (Fsp3) is 1.00. The maximum atomic E-state index is 8.98. The number of aliphatic hydroxyl groups is 4. The van der Waals surface area contributed by atoms with Crippen molar-refractivity contribution in [2.75, 3.05) is 19.8 Å². The van der Waals surface area contributed by atoms with Crippen molar-refractivity contribution in [3.05, 3.63) is 0 Å². The maximum Gasteiger partial charge on any atom is 0.0777 e. The predicted molar refractivity (Wildman–Crippen MR) is 40.0 cm³/mol. The van der Waals surface area contributed by atoms with E-state index in [4.69, 9.17) is 20.4 Å². The molecule has 4 heteroatoms. The van der Waals surface area contributed by atoms with Crippen molar-refractivity contribution in [1.29, 1.82) is 0 Å². The summed E-state index contributed by atoms with van der Waals surface area (Å²) in [5, 5.41) is 35.0. The van der Waals surface area contributed by atoms with Crippen molar-refractivity contribution in [2.24, 2.45) is 5.41 Å². The molecule has 0 saturated heterocycles. The maximum absolute atomic E-state index is 8.98. The van der Waals surface area contributed by atoms with E-state index < -0.39 is 11.5 Å². The normalized spacial score (nSPS) is 15.0. The fourth-order valence-electron chi connectivity index (χ4n) is 0.812. The molecule has 0 spiro atoms. The molecule has 0 aromatic carbocycles. The van der Waals surface area contributed by atoms with Crippen LogP contribution in [0.15, 0.2) is 0 Å². The largest absolute Gasteiger partial charge is 0.396 e. The lowest BCUT2D eigenvalue weighted by molar-refractivity contribution is -0.000215. The van der Waals surface area contributed by atoms with Crippen molar-refractivity contribution in [3.63, 3.8) is 0 Å². The van der Waals surface area contributed by atoms with Crippen molar-refractivity contribution in [1.82, 2.24) is 0 Å². The van der Waals surface area contributed by atoms with Gasteiger partial charge in [-0.05, 0) is 6.42 Å². The molecule has 0 aliphatic carbocycles. The number of aliphatic hydroxyl groups excluding tert-OH is 4. The average molecular weight is 164 g/mol. The third-order valence-electron chi connectivity index (χ3n) is 1.70. The SMILES string of the molecule is CC(CO)(CO)CC(O)CO. The van der Waals surface area contributed by atoms with E-state index in [0.717, 1.165) is 0 Å². The molecule has 0 saturated carbocycles. The van der Waals surface area contributed by atoms with Gasteiger partial charge >= 0.3 is 0 Å². The van der Waals surface area contributed by atoms with Gasteiger partial charge in [-0.15, -0.1) is 0 Å². The van der Waals surface area contributed by atoms with Crippen molar-refractivity contribution in [3.8, 4) is 0 Å². The average Bonchev–Trinajstić information content (AvgIpc) is 2.04. The van der Waals surface area contributed by atoms with E-state index in [1.807, 2.05) is 0 Å². The fourth-order valence-corrected chi connectivity index (χ4v) is 0.812. The first kappa shape index (κ1) is 10.8. The molecule has 4 N–H and O–H groups in total. The molecule has 0 aromatic heterocycles. The molecule has 0 fully saturated rings. The van der Waals surface area contributed by atoms with E-state index in [-0.39, 0.29) is 26.2 Å². The summed E-state index contributed by atoms with van der Waals surface area (Å²) >= 11 is 0. The zero-order chi connectivity index (χ0) is 8.91. The molecule has 0 aliphatic rings. The van der Waals surface area contributed by atoms with Gasteiger partial charge in [-0.3, -0.25) is 0 Å². The number of hydrogen-bond donors (Lipinski definition) is 4. The van der Waals surface area contributed by atoms with Gasteiger partial charge in [0, 0.05) is 5.41 Å². The molecule has 0 rings (SSSR count). The summed E-state index contributed by atoms with van der Waals surface area (Å²) in [7, 11) is 0. The van der Waals surface area contributed by atoms with Gasteiger partial charge in [0.2, 0.25) is 0 Å². The molecule has 1 atom stereocenters. The van der Waals surface area contributed by atoms with Crippen LogP contribution in [-0.4, -0.2) is 46.4 Å². The zero-order valence-electron chi connectivity index (χ0n) is 6.69. The van der Waals surface area contributed by atoms with Crippen LogP contribution in [0.25, 0.3) is 0 Å². The molecule has 0 radical (unpaired) electrons. The zero-order valence-corrected chi connectivity index (χ0v) is 6.69. The third-order valence-corrected chi connectivity index (χ3v) is 1.70. The highest BCUT2D eigenvalue weighted by Gasteiger charge is 2.25. The number of hydrogen-bond acceptors (Lipinski definition) is 4. The van der Waals surface area contributed by atoms with E-state index in [1.54, 1.807) is 6.92 Å². The van der Waals surface area contributed by atoms with Gasteiger partial charge in [0.05, 0.1) is 25.9 Å². The summed E-state index contributed by atoms with van der Waals surface area (Å²) in [5.41, 5.74) is -0.692. The third kappa shape index (κ3) is 3.67. The van der Waals surface area contributed by atoms with Crippen LogP contribution in [-0.2, 0) is 0 Å². The van der Waals surface area contributed by atoms with Gasteiger partial charge in [-0.1, -0.05) is 6.92 Å². The first-order chi connectivity index (χ1) is 5.08. The van der Waals surface area contributed by atoms with E-state index >= 15 is 0 Å². The molecule has 0 amide bonds. The molecular weight excluding hydrogens is 148 g/mol. The standard InChI is InChI=1S/C7H16O4/c1-7(4-9,5-10)2-6(11)3-8/h6,8-11H,2-5H2,1H3. The van der Waals surface area contributed by atoms with Crippen LogP contribution in [0.2, 0.25) is 0 Å². The molecule has 1 unspecified atom stereocenters. The van der Waals surface area contributed by atoms with E-state index in [0.29, 0.717) is 0 Å². The second-order valence-corrected chi connectivity index (χ2v) is 3.17. The minimum Gasteiger partial charge on any atom is -0.396 e. The molecule has 4 nitrogen and oxygen atoms in total. The van der Waals surface area contributed by atoms with Crippen LogP contribution in [0.4, 0.5) is 0 Å². The van der Waals surface area contributed by atoms with E-state index in [9.17, 15) is 0 Å². The Balaban J connectivity index is 3.86. The lowest BCUT2D eigenvalue weighted by Crippen LogP contribution is -2.32. The molecule has 0 aromatic rings. The Hall–Kier alpha value is -0.160. The molecule has 68 valence electrons. The van der Waals surface area contributed by atoms with Gasteiger partial charge < -0.3 is 20.4 Å². The summed E-state index contributed by atoms with van der Waals surface area (Å²) in [5.74, 6) is 0. The van der Waals surface area contributed by atoms with Crippen LogP contribution >= 0.6 is 0 Å². The smallest absolute Gasteiger partial charge is 0.0777 e. The lowest BCUT2D eigenvalue weighted by atomic mass is 9.86. The summed E-state index contributed by atoms with van der Waals surface area (Å²) < 4.78 is 0. The second-order valence-electron chi connectivity index (χ2n) is 3.17. The van der Waals surface area contributed by atoms with Gasteiger partial charge in [0.25, 0.3) is 0 Å². The van der Waals surface area contributed by atoms with Crippen molar-refractivity contribution in [2.45, 2.75) is 19.4 Å². The van der Waals surface area contributed by atoms with Gasteiger partial charge in [-0.25, -0.2) is 0 Å². The Labute approximate surface area is 66.1 Å². The Morgan fingerprint density at radius 2 is 1.64 bits per heavy atom. The molecule has 0 bridgehead atoms. The predicted octanol–water partition coefficient (Wildman–Crippen LogP) is -1.28. The van der Waals surface area contributed by atoms with Gasteiger partial charge in [-0.2, -0.15) is 0 Å². The van der Waals surface area contributed by atoms with Gasteiger partial charge in [0.15, 0.2) is 0 Å². The van der Waals surface area contributed by atoms with Crippen LogP contribution in [0.1, 0.15) is 13.3 Å². The Morgan fingerprint density at radius 3 is 1.91 bits per heavy atom. The van der Waals surface area contributed by atoms with Crippen LogP contribution in [0.3, 0.4) is 0 Å². The summed E-state index contributed by atoms with van der Waals surface area (Å²) in [4.78, 5) is 0. The highest BCUT2D eigenvalue weighted by atomic mass is 16.3. The number of rotatable bonds is 5. The molecule has 11 heavy (non-hydrogen) atoms. The van der Waals surface area contributed by atoms with Crippen LogP contribution < -0.4 is 0 Å². The first-order valence-corrected chi connectivity index (χ1v) is 3.58. The summed E-state index contributed by atoms with van der Waals surface area (Å²) in [6.07, 6.45) is -0.657.